The standard InChI is InChI=1S/C16H18N2O.ClH/c1-12-11-17-9-10-18(12)16(19)15-8-4-6-13-5-2-3-7-14(13)15;/h2-8,12,17H,9-11H2,1H3;1H/t12-;/m1./s1. The predicted octanol–water partition coefficient (Wildman–Crippen LogP) is 2.70. The largest absolute Gasteiger partial charge is 0.333 e. The van der Waals surface area contributed by atoms with E-state index in [1.165, 1.54) is 0 Å². The van der Waals surface area contributed by atoms with Gasteiger partial charge in [0, 0.05) is 31.2 Å². The fraction of sp³-hybridized carbons (Fsp3) is 0.312. The fourth-order valence-corrected chi connectivity index (χ4v) is 2.71. The van der Waals surface area contributed by atoms with Gasteiger partial charge < -0.3 is 10.2 Å². The first-order valence-corrected chi connectivity index (χ1v) is 6.77. The average Bonchev–Trinajstić information content (AvgIpc) is 2.46. The van der Waals surface area contributed by atoms with Crippen molar-refractivity contribution in [2.45, 2.75) is 13.0 Å². The van der Waals surface area contributed by atoms with Gasteiger partial charge in [0.15, 0.2) is 0 Å². The van der Waals surface area contributed by atoms with Crippen LogP contribution in [0, 0.1) is 0 Å². The molecule has 1 aliphatic rings. The Morgan fingerprint density at radius 1 is 1.20 bits per heavy atom. The Hall–Kier alpha value is -1.58. The molecular weight excluding hydrogens is 272 g/mol. The normalized spacial score (nSPS) is 18.6. The molecule has 0 aliphatic carbocycles. The summed E-state index contributed by atoms with van der Waals surface area (Å²) in [5, 5.41) is 5.48. The first-order chi connectivity index (χ1) is 9.27. The van der Waals surface area contributed by atoms with E-state index in [0.29, 0.717) is 0 Å². The molecule has 3 nitrogen and oxygen atoms in total. The molecule has 4 heteroatoms. The van der Waals surface area contributed by atoms with Crippen LogP contribution >= 0.6 is 12.4 Å². The number of carbonyl (C=O) groups excluding carboxylic acids is 1. The van der Waals surface area contributed by atoms with Gasteiger partial charge in [-0.2, -0.15) is 0 Å². The van der Waals surface area contributed by atoms with Gasteiger partial charge in [-0.25, -0.2) is 0 Å². The summed E-state index contributed by atoms with van der Waals surface area (Å²) < 4.78 is 0. The van der Waals surface area contributed by atoms with E-state index in [-0.39, 0.29) is 24.4 Å². The monoisotopic (exact) mass is 290 g/mol. The minimum Gasteiger partial charge on any atom is -0.333 e. The van der Waals surface area contributed by atoms with E-state index < -0.39 is 0 Å². The van der Waals surface area contributed by atoms with Crippen molar-refractivity contribution in [2.24, 2.45) is 0 Å². The lowest BCUT2D eigenvalue weighted by Crippen LogP contribution is -2.52. The molecule has 1 atom stereocenters. The SMILES string of the molecule is C[C@@H]1CNCCN1C(=O)c1cccc2ccccc12.Cl. The van der Waals surface area contributed by atoms with Crippen LogP contribution in [0.25, 0.3) is 10.8 Å². The van der Waals surface area contributed by atoms with Crippen LogP contribution in [0.5, 0.6) is 0 Å². The molecule has 0 saturated carbocycles. The Morgan fingerprint density at radius 2 is 1.95 bits per heavy atom. The van der Waals surface area contributed by atoms with Crippen molar-refractivity contribution in [3.8, 4) is 0 Å². The van der Waals surface area contributed by atoms with Gasteiger partial charge in [-0.3, -0.25) is 4.79 Å². The van der Waals surface area contributed by atoms with Crippen LogP contribution in [-0.2, 0) is 0 Å². The molecule has 0 unspecified atom stereocenters. The van der Waals surface area contributed by atoms with E-state index in [1.54, 1.807) is 0 Å². The maximum Gasteiger partial charge on any atom is 0.254 e. The number of rotatable bonds is 1. The molecule has 2 aromatic rings. The van der Waals surface area contributed by atoms with Gasteiger partial charge >= 0.3 is 0 Å². The lowest BCUT2D eigenvalue weighted by molar-refractivity contribution is 0.0658. The zero-order chi connectivity index (χ0) is 13.2. The highest BCUT2D eigenvalue weighted by atomic mass is 35.5. The number of piperazine rings is 1. The van der Waals surface area contributed by atoms with Crippen molar-refractivity contribution in [1.29, 1.82) is 0 Å². The zero-order valence-electron chi connectivity index (χ0n) is 11.5. The smallest absolute Gasteiger partial charge is 0.254 e. The van der Waals surface area contributed by atoms with Crippen LogP contribution in [0.4, 0.5) is 0 Å². The van der Waals surface area contributed by atoms with Gasteiger partial charge in [0.05, 0.1) is 0 Å². The molecule has 2 aromatic carbocycles. The second-order valence-corrected chi connectivity index (χ2v) is 5.08. The summed E-state index contributed by atoms with van der Waals surface area (Å²) in [4.78, 5) is 14.7. The van der Waals surface area contributed by atoms with Crippen molar-refractivity contribution < 1.29 is 4.79 Å². The van der Waals surface area contributed by atoms with Crippen molar-refractivity contribution in [2.75, 3.05) is 19.6 Å². The van der Waals surface area contributed by atoms with Gasteiger partial charge in [-0.1, -0.05) is 36.4 Å². The molecule has 0 aromatic heterocycles. The first kappa shape index (κ1) is 14.8. The highest BCUT2D eigenvalue weighted by Gasteiger charge is 2.24. The Labute approximate surface area is 125 Å². The van der Waals surface area contributed by atoms with Gasteiger partial charge in [-0.15, -0.1) is 12.4 Å². The maximum absolute atomic E-state index is 12.7. The van der Waals surface area contributed by atoms with Crippen molar-refractivity contribution >= 4 is 29.1 Å². The van der Waals surface area contributed by atoms with E-state index in [9.17, 15) is 4.79 Å². The Bertz CT molecular complexity index is 609. The summed E-state index contributed by atoms with van der Waals surface area (Å²) in [6.45, 7) is 4.62. The summed E-state index contributed by atoms with van der Waals surface area (Å²) in [6.07, 6.45) is 0. The number of nitrogens with zero attached hydrogens (tertiary/aromatic N) is 1. The first-order valence-electron chi connectivity index (χ1n) is 6.77. The molecule has 20 heavy (non-hydrogen) atoms. The number of nitrogens with one attached hydrogen (secondary N) is 1. The third-order valence-corrected chi connectivity index (χ3v) is 3.78. The van der Waals surface area contributed by atoms with Crippen molar-refractivity contribution in [3.05, 3.63) is 48.0 Å². The highest BCUT2D eigenvalue weighted by Crippen LogP contribution is 2.21. The van der Waals surface area contributed by atoms with Crippen LogP contribution in [-0.4, -0.2) is 36.5 Å². The van der Waals surface area contributed by atoms with Crippen LogP contribution in [0.2, 0.25) is 0 Å². The lowest BCUT2D eigenvalue weighted by Gasteiger charge is -2.34. The van der Waals surface area contributed by atoms with E-state index >= 15 is 0 Å². The predicted molar refractivity (Wildman–Crippen MR) is 84.6 cm³/mol. The molecule has 1 amide bonds. The third-order valence-electron chi connectivity index (χ3n) is 3.78. The Morgan fingerprint density at radius 3 is 2.75 bits per heavy atom. The second kappa shape index (κ2) is 6.25. The summed E-state index contributed by atoms with van der Waals surface area (Å²) in [5.41, 5.74) is 0.812. The second-order valence-electron chi connectivity index (χ2n) is 5.08. The molecule has 1 saturated heterocycles. The summed E-state index contributed by atoms with van der Waals surface area (Å²) in [7, 11) is 0. The van der Waals surface area contributed by atoms with Crippen LogP contribution < -0.4 is 5.32 Å². The molecule has 1 N–H and O–H groups in total. The topological polar surface area (TPSA) is 32.3 Å². The van der Waals surface area contributed by atoms with Gasteiger partial charge in [0.2, 0.25) is 0 Å². The maximum atomic E-state index is 12.7. The van der Waals surface area contributed by atoms with E-state index in [0.717, 1.165) is 36.0 Å². The Balaban J connectivity index is 0.00000147. The molecule has 3 rings (SSSR count). The number of halogens is 1. The van der Waals surface area contributed by atoms with E-state index in [4.69, 9.17) is 0 Å². The minimum atomic E-state index is 0. The average molecular weight is 291 g/mol. The molecule has 1 aliphatic heterocycles. The summed E-state index contributed by atoms with van der Waals surface area (Å²) in [6, 6.07) is 14.3. The van der Waals surface area contributed by atoms with E-state index in [2.05, 4.69) is 12.2 Å². The molecular formula is C16H19ClN2O. The van der Waals surface area contributed by atoms with Gasteiger partial charge in [0.25, 0.3) is 5.91 Å². The van der Waals surface area contributed by atoms with Crippen LogP contribution in [0.1, 0.15) is 17.3 Å². The fourth-order valence-electron chi connectivity index (χ4n) is 2.71. The quantitative estimate of drug-likeness (QED) is 0.876. The van der Waals surface area contributed by atoms with Crippen molar-refractivity contribution in [1.82, 2.24) is 10.2 Å². The van der Waals surface area contributed by atoms with Gasteiger partial charge in [-0.05, 0) is 23.8 Å². The number of amides is 1. The molecule has 0 radical (unpaired) electrons. The summed E-state index contributed by atoms with van der Waals surface area (Å²) in [5.74, 6) is 0.144. The number of hydrogen-bond donors (Lipinski definition) is 1. The molecule has 0 bridgehead atoms. The highest BCUT2D eigenvalue weighted by molar-refractivity contribution is 6.07. The lowest BCUT2D eigenvalue weighted by atomic mass is 10.0. The number of hydrogen-bond acceptors (Lipinski definition) is 2. The minimum absolute atomic E-state index is 0. The van der Waals surface area contributed by atoms with Crippen LogP contribution in [0.15, 0.2) is 42.5 Å². The van der Waals surface area contributed by atoms with Gasteiger partial charge in [0.1, 0.15) is 0 Å². The van der Waals surface area contributed by atoms with Crippen LogP contribution in [0.3, 0.4) is 0 Å². The molecule has 1 heterocycles. The van der Waals surface area contributed by atoms with E-state index in [1.807, 2.05) is 47.4 Å². The molecule has 0 spiro atoms. The number of carbonyl (C=O) groups is 1. The Kier molecular flexibility index (Phi) is 4.63. The van der Waals surface area contributed by atoms with Crippen molar-refractivity contribution in [3.63, 3.8) is 0 Å². The zero-order valence-corrected chi connectivity index (χ0v) is 12.3. The molecule has 1 fully saturated rings. The molecule has 106 valence electrons. The number of fused-ring (bicyclic) bond motifs is 1. The summed E-state index contributed by atoms with van der Waals surface area (Å²) >= 11 is 0. The number of benzene rings is 2. The third kappa shape index (κ3) is 2.65.